The SMILES string of the molecule is CCc1ccc(-n2c(=O)/c(=C\c3c(F)cccc3Cl)s/c2=C(/C#N)C(=O)N2CCOCC2)cc1. The molecule has 1 fully saturated rings. The van der Waals surface area contributed by atoms with E-state index in [1.165, 1.54) is 33.7 Å². The molecule has 174 valence electrons. The molecular weight excluding hydrogens is 477 g/mol. The molecule has 1 aliphatic rings. The van der Waals surface area contributed by atoms with E-state index in [-0.39, 0.29) is 25.4 Å². The lowest BCUT2D eigenvalue weighted by atomic mass is 10.1. The Labute approximate surface area is 204 Å². The van der Waals surface area contributed by atoms with Gasteiger partial charge in [-0.15, -0.1) is 11.3 Å². The van der Waals surface area contributed by atoms with Crippen LogP contribution in [0.15, 0.2) is 47.3 Å². The van der Waals surface area contributed by atoms with Crippen LogP contribution in [0.3, 0.4) is 0 Å². The van der Waals surface area contributed by atoms with Crippen LogP contribution in [0.5, 0.6) is 0 Å². The Morgan fingerprint density at radius 1 is 1.24 bits per heavy atom. The van der Waals surface area contributed by atoms with Crippen molar-refractivity contribution in [2.24, 2.45) is 0 Å². The van der Waals surface area contributed by atoms with E-state index in [1.807, 2.05) is 25.1 Å². The van der Waals surface area contributed by atoms with Crippen LogP contribution in [0, 0.1) is 17.1 Å². The first kappa shape index (κ1) is 23.9. The molecule has 0 atom stereocenters. The van der Waals surface area contributed by atoms with E-state index in [0.29, 0.717) is 32.0 Å². The van der Waals surface area contributed by atoms with Crippen LogP contribution in [0.2, 0.25) is 5.02 Å². The van der Waals surface area contributed by atoms with Crippen molar-refractivity contribution in [3.8, 4) is 11.8 Å². The minimum atomic E-state index is -0.574. The summed E-state index contributed by atoms with van der Waals surface area (Å²) in [6, 6.07) is 13.6. The summed E-state index contributed by atoms with van der Waals surface area (Å²) in [6.07, 6.45) is 2.18. The number of amides is 1. The molecule has 2 heterocycles. The Morgan fingerprint density at radius 3 is 2.56 bits per heavy atom. The van der Waals surface area contributed by atoms with Crippen molar-refractivity contribution in [2.75, 3.05) is 26.3 Å². The average molecular weight is 498 g/mol. The zero-order valence-corrected chi connectivity index (χ0v) is 20.0. The average Bonchev–Trinajstić information content (AvgIpc) is 3.18. The highest BCUT2D eigenvalue weighted by Crippen LogP contribution is 2.19. The number of hydrogen-bond acceptors (Lipinski definition) is 5. The van der Waals surface area contributed by atoms with Crippen LogP contribution in [0.4, 0.5) is 4.39 Å². The zero-order chi connectivity index (χ0) is 24.2. The van der Waals surface area contributed by atoms with E-state index in [2.05, 4.69) is 0 Å². The molecule has 1 saturated heterocycles. The number of nitriles is 1. The standard InChI is InChI=1S/C25H21ClFN3O3S/c1-2-16-6-8-17(9-7-16)30-24(32)22(14-18-20(26)4-3-5-21(18)27)34-25(30)19(15-28)23(31)29-10-12-33-13-11-29/h3-9,14H,2,10-13H2,1H3/b22-14+,25-19-. The van der Waals surface area contributed by atoms with Gasteiger partial charge >= 0.3 is 0 Å². The molecule has 0 spiro atoms. The van der Waals surface area contributed by atoms with Crippen LogP contribution in [0.1, 0.15) is 18.1 Å². The van der Waals surface area contributed by atoms with E-state index >= 15 is 0 Å². The third kappa shape index (κ3) is 4.68. The maximum absolute atomic E-state index is 14.4. The van der Waals surface area contributed by atoms with Gasteiger partial charge in [-0.3, -0.25) is 14.2 Å². The molecule has 4 rings (SSSR count). The minimum Gasteiger partial charge on any atom is -0.378 e. The zero-order valence-electron chi connectivity index (χ0n) is 18.4. The van der Waals surface area contributed by atoms with Gasteiger partial charge in [0.25, 0.3) is 11.5 Å². The van der Waals surface area contributed by atoms with Crippen molar-refractivity contribution >= 4 is 40.5 Å². The molecule has 6 nitrogen and oxygen atoms in total. The number of ether oxygens (including phenoxy) is 1. The van der Waals surface area contributed by atoms with Crippen molar-refractivity contribution in [2.45, 2.75) is 13.3 Å². The van der Waals surface area contributed by atoms with Gasteiger partial charge in [0.15, 0.2) is 5.57 Å². The summed E-state index contributed by atoms with van der Waals surface area (Å²) >= 11 is 7.12. The van der Waals surface area contributed by atoms with E-state index in [4.69, 9.17) is 16.3 Å². The Balaban J connectivity index is 2.01. The van der Waals surface area contributed by atoms with Gasteiger partial charge in [0.2, 0.25) is 0 Å². The van der Waals surface area contributed by atoms with Crippen molar-refractivity contribution < 1.29 is 13.9 Å². The van der Waals surface area contributed by atoms with Crippen molar-refractivity contribution in [3.05, 3.63) is 84.0 Å². The highest BCUT2D eigenvalue weighted by Gasteiger charge is 2.24. The van der Waals surface area contributed by atoms with Crippen LogP contribution in [0.25, 0.3) is 17.3 Å². The molecule has 1 amide bonds. The number of benzene rings is 2. The van der Waals surface area contributed by atoms with Crippen LogP contribution in [-0.4, -0.2) is 41.7 Å². The van der Waals surface area contributed by atoms with E-state index in [9.17, 15) is 19.2 Å². The third-order valence-corrected chi connectivity index (χ3v) is 6.96. The number of hydrogen-bond donors (Lipinski definition) is 0. The maximum Gasteiger partial charge on any atom is 0.273 e. The second kappa shape index (κ2) is 10.3. The summed E-state index contributed by atoms with van der Waals surface area (Å²) in [6.45, 7) is 3.49. The molecule has 2 aromatic carbocycles. The number of carbonyl (C=O) groups is 1. The lowest BCUT2D eigenvalue weighted by Crippen LogP contribution is -2.42. The molecule has 34 heavy (non-hydrogen) atoms. The molecule has 0 unspecified atom stereocenters. The highest BCUT2D eigenvalue weighted by atomic mass is 35.5. The fraction of sp³-hybridized carbons (Fsp3) is 0.240. The summed E-state index contributed by atoms with van der Waals surface area (Å²) < 4.78 is 21.4. The molecule has 3 aromatic rings. The van der Waals surface area contributed by atoms with Gasteiger partial charge in [-0.25, -0.2) is 4.39 Å². The fourth-order valence-corrected chi connectivity index (χ4v) is 4.95. The van der Waals surface area contributed by atoms with E-state index in [0.717, 1.165) is 23.3 Å². The highest BCUT2D eigenvalue weighted by molar-refractivity contribution is 7.07. The van der Waals surface area contributed by atoms with Gasteiger partial charge in [0, 0.05) is 18.7 Å². The largest absolute Gasteiger partial charge is 0.378 e. The number of carbonyl (C=O) groups excluding carboxylic acids is 1. The van der Waals surface area contributed by atoms with Crippen molar-refractivity contribution in [1.29, 1.82) is 5.26 Å². The first-order valence-electron chi connectivity index (χ1n) is 10.7. The number of halogens is 2. The molecule has 0 aliphatic carbocycles. The molecule has 0 saturated carbocycles. The van der Waals surface area contributed by atoms with Crippen LogP contribution >= 0.6 is 22.9 Å². The summed E-state index contributed by atoms with van der Waals surface area (Å²) in [4.78, 5) is 28.2. The first-order valence-corrected chi connectivity index (χ1v) is 11.9. The topological polar surface area (TPSA) is 75.3 Å². The number of aryl methyl sites for hydroxylation is 1. The number of morpholine rings is 1. The lowest BCUT2D eigenvalue weighted by molar-refractivity contribution is -0.128. The number of thiazole rings is 1. The van der Waals surface area contributed by atoms with Crippen LogP contribution < -0.4 is 14.8 Å². The Morgan fingerprint density at radius 2 is 1.94 bits per heavy atom. The van der Waals surface area contributed by atoms with Crippen LogP contribution in [-0.2, 0) is 16.0 Å². The second-order valence-corrected chi connectivity index (χ2v) is 9.04. The van der Waals surface area contributed by atoms with E-state index in [1.54, 1.807) is 12.1 Å². The van der Waals surface area contributed by atoms with Crippen molar-refractivity contribution in [1.82, 2.24) is 9.47 Å². The molecule has 1 aromatic heterocycles. The summed E-state index contributed by atoms with van der Waals surface area (Å²) in [5.41, 5.74) is 1.04. The van der Waals surface area contributed by atoms with Gasteiger partial charge < -0.3 is 9.64 Å². The van der Waals surface area contributed by atoms with Gasteiger partial charge in [0.05, 0.1) is 28.5 Å². The molecular formula is C25H21ClFN3O3S. The Bertz CT molecular complexity index is 1430. The monoisotopic (exact) mass is 497 g/mol. The number of aromatic nitrogens is 1. The smallest absolute Gasteiger partial charge is 0.273 e. The lowest BCUT2D eigenvalue weighted by Gasteiger charge is -2.26. The summed E-state index contributed by atoms with van der Waals surface area (Å²) in [5, 5.41) is 10.1. The quantitative estimate of drug-likeness (QED) is 0.555. The molecule has 0 bridgehead atoms. The summed E-state index contributed by atoms with van der Waals surface area (Å²) in [7, 11) is 0. The minimum absolute atomic E-state index is 0.0700. The molecule has 0 N–H and O–H groups in total. The predicted octanol–water partition coefficient (Wildman–Crippen LogP) is 2.62. The normalized spacial score (nSPS) is 15.2. The second-order valence-electron chi connectivity index (χ2n) is 7.60. The van der Waals surface area contributed by atoms with Crippen molar-refractivity contribution in [3.63, 3.8) is 0 Å². The third-order valence-electron chi connectivity index (χ3n) is 5.54. The number of rotatable bonds is 4. The van der Waals surface area contributed by atoms with Gasteiger partial charge in [-0.2, -0.15) is 5.26 Å². The fourth-order valence-electron chi connectivity index (χ4n) is 3.66. The summed E-state index contributed by atoms with van der Waals surface area (Å²) in [5.74, 6) is -1.05. The molecule has 1 aliphatic heterocycles. The van der Waals surface area contributed by atoms with E-state index < -0.39 is 17.3 Å². The molecule has 9 heteroatoms. The number of nitrogens with zero attached hydrogens (tertiary/aromatic N) is 3. The van der Waals surface area contributed by atoms with Gasteiger partial charge in [-0.05, 0) is 42.3 Å². The maximum atomic E-state index is 14.4. The van der Waals surface area contributed by atoms with Gasteiger partial charge in [0.1, 0.15) is 16.5 Å². The van der Waals surface area contributed by atoms with Gasteiger partial charge in [-0.1, -0.05) is 36.7 Å². The Kier molecular flexibility index (Phi) is 7.27. The Hall–Kier alpha value is -3.25. The first-order chi connectivity index (χ1) is 16.4. The predicted molar refractivity (Wildman–Crippen MR) is 130 cm³/mol. The molecule has 0 radical (unpaired) electrons.